The predicted molar refractivity (Wildman–Crippen MR) is 59.8 cm³/mol. The van der Waals surface area contributed by atoms with Crippen molar-refractivity contribution in [1.29, 1.82) is 0 Å². The second-order valence-electron chi connectivity index (χ2n) is 5.51. The summed E-state index contributed by atoms with van der Waals surface area (Å²) in [7, 11) is 0. The molecule has 3 heterocycles. The number of rotatable bonds is 2. The molecule has 4 unspecified atom stereocenters. The van der Waals surface area contributed by atoms with Crippen molar-refractivity contribution in [2.45, 2.75) is 37.8 Å². The first-order valence-electron chi connectivity index (χ1n) is 6.43. The lowest BCUT2D eigenvalue weighted by molar-refractivity contribution is -0.135. The third-order valence-electron chi connectivity index (χ3n) is 4.47. The summed E-state index contributed by atoms with van der Waals surface area (Å²) in [5.41, 5.74) is 0. The van der Waals surface area contributed by atoms with E-state index in [-0.39, 0.29) is 12.5 Å². The molecular weight excluding hydrogens is 204 g/mol. The molecule has 4 heteroatoms. The summed E-state index contributed by atoms with van der Waals surface area (Å²) in [5, 5.41) is 12.6. The summed E-state index contributed by atoms with van der Waals surface area (Å²) in [6.07, 6.45) is 4.41. The number of carbonyl (C=O) groups is 1. The first kappa shape index (κ1) is 10.5. The van der Waals surface area contributed by atoms with Gasteiger partial charge in [-0.1, -0.05) is 0 Å². The fraction of sp³-hybridized carbons (Fsp3) is 0.917. The monoisotopic (exact) mass is 224 g/mol. The van der Waals surface area contributed by atoms with Gasteiger partial charge in [0.15, 0.2) is 0 Å². The van der Waals surface area contributed by atoms with E-state index in [4.69, 9.17) is 5.11 Å². The highest BCUT2D eigenvalue weighted by Crippen LogP contribution is 2.35. The molecule has 0 spiro atoms. The Morgan fingerprint density at radius 2 is 2.25 bits per heavy atom. The van der Waals surface area contributed by atoms with Gasteiger partial charge in [0.05, 0.1) is 5.92 Å². The van der Waals surface area contributed by atoms with Gasteiger partial charge < -0.3 is 15.3 Å². The number of fused-ring (bicyclic) bond motifs is 2. The maximum atomic E-state index is 12.3. The lowest BCUT2D eigenvalue weighted by Gasteiger charge is -2.25. The van der Waals surface area contributed by atoms with Crippen LogP contribution in [0, 0.1) is 11.8 Å². The van der Waals surface area contributed by atoms with Crippen molar-refractivity contribution in [1.82, 2.24) is 10.2 Å². The van der Waals surface area contributed by atoms with E-state index in [0.29, 0.717) is 23.9 Å². The predicted octanol–water partition coefficient (Wildman–Crippen LogP) is -0.0323. The summed E-state index contributed by atoms with van der Waals surface area (Å²) >= 11 is 0. The van der Waals surface area contributed by atoms with E-state index in [9.17, 15) is 4.79 Å². The van der Waals surface area contributed by atoms with Gasteiger partial charge in [0.1, 0.15) is 0 Å². The minimum absolute atomic E-state index is 0.219. The zero-order valence-corrected chi connectivity index (χ0v) is 9.56. The summed E-state index contributed by atoms with van der Waals surface area (Å²) in [6.45, 7) is 1.83. The van der Waals surface area contributed by atoms with E-state index in [1.54, 1.807) is 0 Å². The Morgan fingerprint density at radius 3 is 2.81 bits per heavy atom. The number of likely N-dealkylation sites (tertiary alicyclic amines) is 1. The van der Waals surface area contributed by atoms with E-state index in [0.717, 1.165) is 25.9 Å². The highest BCUT2D eigenvalue weighted by Gasteiger charge is 2.44. The summed E-state index contributed by atoms with van der Waals surface area (Å²) < 4.78 is 0. The van der Waals surface area contributed by atoms with Crippen molar-refractivity contribution >= 4 is 5.91 Å². The molecule has 3 aliphatic heterocycles. The van der Waals surface area contributed by atoms with Gasteiger partial charge in [-0.3, -0.25) is 4.79 Å². The summed E-state index contributed by atoms with van der Waals surface area (Å²) in [6, 6.07) is 1.03. The summed E-state index contributed by atoms with van der Waals surface area (Å²) in [5.74, 6) is 0.863. The maximum absolute atomic E-state index is 12.3. The number of nitrogens with zero attached hydrogens (tertiary/aromatic N) is 1. The van der Waals surface area contributed by atoms with Crippen LogP contribution in [0.2, 0.25) is 0 Å². The molecule has 2 N–H and O–H groups in total. The Hall–Kier alpha value is -0.610. The van der Waals surface area contributed by atoms with Crippen molar-refractivity contribution < 1.29 is 9.90 Å². The average molecular weight is 224 g/mol. The van der Waals surface area contributed by atoms with Gasteiger partial charge in [-0.2, -0.15) is 0 Å². The first-order valence-corrected chi connectivity index (χ1v) is 6.43. The number of amides is 1. The highest BCUT2D eigenvalue weighted by atomic mass is 16.3. The van der Waals surface area contributed by atoms with Crippen molar-refractivity contribution in [2.24, 2.45) is 11.8 Å². The van der Waals surface area contributed by atoms with Crippen molar-refractivity contribution in [3.05, 3.63) is 0 Å². The number of hydrogen-bond donors (Lipinski definition) is 2. The van der Waals surface area contributed by atoms with Gasteiger partial charge in [-0.25, -0.2) is 0 Å². The molecule has 0 saturated carbocycles. The smallest absolute Gasteiger partial charge is 0.227 e. The van der Waals surface area contributed by atoms with Crippen molar-refractivity contribution in [3.63, 3.8) is 0 Å². The molecule has 16 heavy (non-hydrogen) atoms. The fourth-order valence-electron chi connectivity index (χ4n) is 3.51. The molecule has 4 atom stereocenters. The van der Waals surface area contributed by atoms with E-state index in [2.05, 4.69) is 5.32 Å². The maximum Gasteiger partial charge on any atom is 0.227 e. The molecule has 0 aromatic heterocycles. The first-order chi connectivity index (χ1) is 7.78. The van der Waals surface area contributed by atoms with Crippen LogP contribution in [0.5, 0.6) is 0 Å². The Morgan fingerprint density at radius 1 is 1.38 bits per heavy atom. The molecule has 0 aromatic rings. The van der Waals surface area contributed by atoms with Crippen LogP contribution in [0.15, 0.2) is 0 Å². The lowest BCUT2D eigenvalue weighted by atomic mass is 9.88. The van der Waals surface area contributed by atoms with Crippen LogP contribution in [0.1, 0.15) is 25.7 Å². The number of hydrogen-bond acceptors (Lipinski definition) is 3. The Kier molecular flexibility index (Phi) is 2.64. The molecule has 90 valence electrons. The Balaban J connectivity index is 1.61. The van der Waals surface area contributed by atoms with Crippen molar-refractivity contribution in [3.8, 4) is 0 Å². The van der Waals surface area contributed by atoms with Crippen LogP contribution in [-0.2, 0) is 4.79 Å². The van der Waals surface area contributed by atoms with Gasteiger partial charge >= 0.3 is 0 Å². The van der Waals surface area contributed by atoms with Crippen LogP contribution >= 0.6 is 0 Å². The molecule has 3 aliphatic rings. The SMILES string of the molecule is O=C(C1CC2CCC1N2)N1CCC(CO)C1. The Labute approximate surface area is 96.0 Å². The molecule has 3 saturated heterocycles. The number of aliphatic hydroxyl groups is 1. The van der Waals surface area contributed by atoms with Crippen LogP contribution in [0.4, 0.5) is 0 Å². The summed E-state index contributed by atoms with van der Waals surface area (Å²) in [4.78, 5) is 14.3. The van der Waals surface area contributed by atoms with Gasteiger partial charge in [0.25, 0.3) is 0 Å². The molecular formula is C12H20N2O2. The van der Waals surface area contributed by atoms with Gasteiger partial charge in [0, 0.05) is 37.7 Å². The number of nitrogens with one attached hydrogen (secondary N) is 1. The molecule has 2 bridgehead atoms. The largest absolute Gasteiger partial charge is 0.396 e. The third-order valence-corrected chi connectivity index (χ3v) is 4.47. The topological polar surface area (TPSA) is 52.6 Å². The van der Waals surface area contributed by atoms with Gasteiger partial charge in [-0.15, -0.1) is 0 Å². The number of carbonyl (C=O) groups excluding carboxylic acids is 1. The normalized spacial score (nSPS) is 41.9. The minimum atomic E-state index is 0.219. The minimum Gasteiger partial charge on any atom is -0.396 e. The molecule has 4 nitrogen and oxygen atoms in total. The molecule has 0 aromatic carbocycles. The fourth-order valence-corrected chi connectivity index (χ4v) is 3.51. The second-order valence-corrected chi connectivity index (χ2v) is 5.51. The van der Waals surface area contributed by atoms with Crippen LogP contribution in [-0.4, -0.2) is 47.7 Å². The van der Waals surface area contributed by atoms with E-state index in [1.165, 1.54) is 12.8 Å². The van der Waals surface area contributed by atoms with Crippen LogP contribution in [0.3, 0.4) is 0 Å². The van der Waals surface area contributed by atoms with Gasteiger partial charge in [0.2, 0.25) is 5.91 Å². The average Bonchev–Trinajstić information content (AvgIpc) is 3.03. The second kappa shape index (κ2) is 4.00. The van der Waals surface area contributed by atoms with E-state index < -0.39 is 0 Å². The Bertz CT molecular complexity index is 295. The quantitative estimate of drug-likeness (QED) is 0.692. The number of aliphatic hydroxyl groups excluding tert-OH is 1. The molecule has 3 fully saturated rings. The molecule has 3 rings (SSSR count). The molecule has 0 aliphatic carbocycles. The third kappa shape index (κ3) is 1.64. The molecule has 1 amide bonds. The van der Waals surface area contributed by atoms with Crippen molar-refractivity contribution in [2.75, 3.05) is 19.7 Å². The zero-order valence-electron chi connectivity index (χ0n) is 9.56. The highest BCUT2D eigenvalue weighted by molar-refractivity contribution is 5.80. The van der Waals surface area contributed by atoms with E-state index >= 15 is 0 Å². The molecule has 0 radical (unpaired) electrons. The standard InChI is InChI=1S/C12H20N2O2/c15-7-8-3-4-14(6-8)12(16)10-5-9-1-2-11(10)13-9/h8-11,13,15H,1-7H2. The van der Waals surface area contributed by atoms with Crippen LogP contribution in [0.25, 0.3) is 0 Å². The van der Waals surface area contributed by atoms with Crippen LogP contribution < -0.4 is 5.32 Å². The zero-order chi connectivity index (χ0) is 11.1. The van der Waals surface area contributed by atoms with Gasteiger partial charge in [-0.05, 0) is 25.7 Å². The van der Waals surface area contributed by atoms with E-state index in [1.807, 2.05) is 4.90 Å². The lowest BCUT2D eigenvalue weighted by Crippen LogP contribution is -2.39.